The molecule has 1 aromatic carbocycles. The van der Waals surface area contributed by atoms with Crippen LogP contribution in [0, 0.1) is 0 Å². The van der Waals surface area contributed by atoms with Crippen molar-refractivity contribution in [2.45, 2.75) is 6.43 Å². The second-order valence-corrected chi connectivity index (χ2v) is 4.54. The number of benzene rings is 1. The van der Waals surface area contributed by atoms with E-state index >= 15 is 0 Å². The van der Waals surface area contributed by atoms with E-state index in [-0.39, 0.29) is 18.0 Å². The summed E-state index contributed by atoms with van der Waals surface area (Å²) in [6.45, 7) is 0.111. The van der Waals surface area contributed by atoms with E-state index in [0.717, 1.165) is 4.90 Å². The van der Waals surface area contributed by atoms with Gasteiger partial charge in [0.05, 0.1) is 12.1 Å². The largest absolute Gasteiger partial charge is 0.486 e. The van der Waals surface area contributed by atoms with Gasteiger partial charge in [0.2, 0.25) is 0 Å². The van der Waals surface area contributed by atoms with Gasteiger partial charge in [-0.05, 0) is 12.1 Å². The Balaban J connectivity index is 2.26. The summed E-state index contributed by atoms with van der Waals surface area (Å²) in [6, 6.07) is 4.83. The van der Waals surface area contributed by atoms with E-state index in [1.54, 1.807) is 12.1 Å². The van der Waals surface area contributed by atoms with Crippen LogP contribution in [0.5, 0.6) is 11.5 Å². The fourth-order valence-corrected chi connectivity index (χ4v) is 2.16. The maximum Gasteiger partial charge on any atom is 0.257 e. The van der Waals surface area contributed by atoms with Gasteiger partial charge in [-0.25, -0.2) is 8.78 Å². The van der Waals surface area contributed by atoms with Crippen molar-refractivity contribution in [2.75, 3.05) is 32.2 Å². The molecule has 0 aliphatic carbocycles. The number of nitrogens with zero attached hydrogens (tertiary/aromatic N) is 1. The molecule has 0 saturated heterocycles. The summed E-state index contributed by atoms with van der Waals surface area (Å²) in [5.74, 6) is 0.307. The molecule has 1 aliphatic heterocycles. The zero-order valence-electron chi connectivity index (χ0n) is 10.7. The molecule has 1 aromatic rings. The highest BCUT2D eigenvalue weighted by Crippen LogP contribution is 2.34. The summed E-state index contributed by atoms with van der Waals surface area (Å²) in [4.78, 5) is 13.4. The van der Waals surface area contributed by atoms with E-state index in [1.165, 1.54) is 6.07 Å². The van der Waals surface area contributed by atoms with Crippen LogP contribution in [0.3, 0.4) is 0 Å². The molecule has 0 N–H and O–H groups in total. The Labute approximate surface area is 120 Å². The summed E-state index contributed by atoms with van der Waals surface area (Å²) in [6.07, 6.45) is -2.61. The predicted octanol–water partition coefficient (Wildman–Crippen LogP) is 2.40. The van der Waals surface area contributed by atoms with Gasteiger partial charge in [0.25, 0.3) is 12.3 Å². The Bertz CT molecular complexity index is 485. The minimum atomic E-state index is -2.61. The molecule has 0 bridgehead atoms. The van der Waals surface area contributed by atoms with Crippen LogP contribution >= 0.6 is 11.6 Å². The third kappa shape index (κ3) is 3.30. The van der Waals surface area contributed by atoms with E-state index in [4.69, 9.17) is 21.1 Å². The molecule has 0 saturated carbocycles. The third-order valence-corrected chi connectivity index (χ3v) is 2.97. The molecule has 0 radical (unpaired) electrons. The zero-order chi connectivity index (χ0) is 14.5. The van der Waals surface area contributed by atoms with Gasteiger partial charge >= 0.3 is 0 Å². The minimum absolute atomic E-state index is 0.0508. The number of fused-ring (bicyclic) bond motifs is 1. The fraction of sp³-hybridized carbons (Fsp3) is 0.462. The highest BCUT2D eigenvalue weighted by atomic mass is 35.5. The first-order valence-corrected chi connectivity index (χ1v) is 6.69. The molecule has 4 nitrogen and oxygen atoms in total. The number of rotatable bonds is 5. The first kappa shape index (κ1) is 14.8. The van der Waals surface area contributed by atoms with Crippen LogP contribution in [0.15, 0.2) is 18.2 Å². The van der Waals surface area contributed by atoms with Crippen LogP contribution in [0.1, 0.15) is 10.4 Å². The van der Waals surface area contributed by atoms with Crippen LogP contribution in [0.2, 0.25) is 0 Å². The Hall–Kier alpha value is -1.56. The topological polar surface area (TPSA) is 38.8 Å². The lowest BCUT2D eigenvalue weighted by Gasteiger charge is -2.25. The van der Waals surface area contributed by atoms with Gasteiger partial charge in [-0.1, -0.05) is 6.07 Å². The number of amides is 1. The summed E-state index contributed by atoms with van der Waals surface area (Å²) in [5.41, 5.74) is 0.216. The summed E-state index contributed by atoms with van der Waals surface area (Å²) >= 11 is 5.56. The number of carbonyl (C=O) groups excluding carboxylic acids is 1. The first-order valence-electron chi connectivity index (χ1n) is 6.15. The van der Waals surface area contributed by atoms with Crippen molar-refractivity contribution in [2.24, 2.45) is 0 Å². The number of halogens is 3. The molecular weight excluding hydrogens is 292 g/mol. The van der Waals surface area contributed by atoms with E-state index in [9.17, 15) is 13.6 Å². The van der Waals surface area contributed by atoms with Gasteiger partial charge in [0.1, 0.15) is 13.2 Å². The monoisotopic (exact) mass is 305 g/mol. The van der Waals surface area contributed by atoms with Crippen LogP contribution in [-0.2, 0) is 0 Å². The Morgan fingerprint density at radius 1 is 1.35 bits per heavy atom. The predicted molar refractivity (Wildman–Crippen MR) is 70.1 cm³/mol. The molecular formula is C13H14ClF2NO3. The van der Waals surface area contributed by atoms with Crippen molar-refractivity contribution < 1.29 is 23.0 Å². The molecule has 0 unspecified atom stereocenters. The molecule has 1 heterocycles. The lowest BCUT2D eigenvalue weighted by Crippen LogP contribution is -2.37. The Morgan fingerprint density at radius 3 is 2.80 bits per heavy atom. The number of hydrogen-bond acceptors (Lipinski definition) is 3. The molecule has 0 aromatic heterocycles. The number of ether oxygens (including phenoxy) is 2. The quantitative estimate of drug-likeness (QED) is 0.784. The molecule has 1 amide bonds. The summed E-state index contributed by atoms with van der Waals surface area (Å²) in [5, 5.41) is 0. The lowest BCUT2D eigenvalue weighted by atomic mass is 10.1. The van der Waals surface area contributed by atoms with Crippen molar-refractivity contribution in [1.82, 2.24) is 4.90 Å². The van der Waals surface area contributed by atoms with Crippen molar-refractivity contribution in [3.8, 4) is 11.5 Å². The second-order valence-electron chi connectivity index (χ2n) is 4.16. The SMILES string of the molecule is O=C(c1cccc2c1OCCO2)N(CCCl)CC(F)F. The third-order valence-electron chi connectivity index (χ3n) is 2.80. The van der Waals surface area contributed by atoms with Crippen LogP contribution in [0.4, 0.5) is 8.78 Å². The maximum absolute atomic E-state index is 12.5. The van der Waals surface area contributed by atoms with Crippen LogP contribution < -0.4 is 9.47 Å². The van der Waals surface area contributed by atoms with Gasteiger partial charge in [0, 0.05) is 12.4 Å². The number of hydrogen-bond donors (Lipinski definition) is 0. The Morgan fingerprint density at radius 2 is 2.10 bits per heavy atom. The normalized spacial score (nSPS) is 13.4. The van der Waals surface area contributed by atoms with E-state index in [2.05, 4.69) is 0 Å². The fourth-order valence-electron chi connectivity index (χ4n) is 1.96. The average molecular weight is 306 g/mol. The number of carbonyl (C=O) groups is 1. The van der Waals surface area contributed by atoms with Gasteiger partial charge in [-0.15, -0.1) is 11.6 Å². The molecule has 20 heavy (non-hydrogen) atoms. The van der Waals surface area contributed by atoms with Crippen molar-refractivity contribution >= 4 is 17.5 Å². The first-order chi connectivity index (χ1) is 9.63. The van der Waals surface area contributed by atoms with E-state index < -0.39 is 18.9 Å². The van der Waals surface area contributed by atoms with Gasteiger partial charge in [-0.2, -0.15) is 0 Å². The van der Waals surface area contributed by atoms with Crippen LogP contribution in [0.25, 0.3) is 0 Å². The summed E-state index contributed by atoms with van der Waals surface area (Å²) in [7, 11) is 0. The molecule has 2 rings (SSSR count). The maximum atomic E-state index is 12.5. The average Bonchev–Trinajstić information content (AvgIpc) is 2.45. The second kappa shape index (κ2) is 6.74. The smallest absolute Gasteiger partial charge is 0.257 e. The highest BCUT2D eigenvalue weighted by Gasteiger charge is 2.25. The minimum Gasteiger partial charge on any atom is -0.486 e. The molecule has 110 valence electrons. The molecule has 0 spiro atoms. The van der Waals surface area contributed by atoms with Crippen LogP contribution in [-0.4, -0.2) is 49.4 Å². The van der Waals surface area contributed by atoms with E-state index in [1.807, 2.05) is 0 Å². The number of para-hydroxylation sites is 1. The van der Waals surface area contributed by atoms with Gasteiger partial charge < -0.3 is 14.4 Å². The standard InChI is InChI=1S/C13H14ClF2NO3/c14-4-5-17(8-11(15)16)13(18)9-2-1-3-10-12(9)20-7-6-19-10/h1-3,11H,4-8H2. The Kier molecular flexibility index (Phi) is 5.00. The summed E-state index contributed by atoms with van der Waals surface area (Å²) < 4.78 is 35.8. The van der Waals surface area contributed by atoms with E-state index in [0.29, 0.717) is 24.7 Å². The molecule has 7 heteroatoms. The zero-order valence-corrected chi connectivity index (χ0v) is 11.4. The molecule has 0 fully saturated rings. The number of alkyl halides is 3. The molecule has 0 atom stereocenters. The van der Waals surface area contributed by atoms with Crippen molar-refractivity contribution in [3.63, 3.8) is 0 Å². The lowest BCUT2D eigenvalue weighted by molar-refractivity contribution is 0.0563. The molecule has 1 aliphatic rings. The van der Waals surface area contributed by atoms with Crippen molar-refractivity contribution in [3.05, 3.63) is 23.8 Å². The van der Waals surface area contributed by atoms with Gasteiger partial charge in [-0.3, -0.25) is 4.79 Å². The van der Waals surface area contributed by atoms with Gasteiger partial charge in [0.15, 0.2) is 11.5 Å². The highest BCUT2D eigenvalue weighted by molar-refractivity contribution is 6.18. The van der Waals surface area contributed by atoms with Crippen molar-refractivity contribution in [1.29, 1.82) is 0 Å².